The van der Waals surface area contributed by atoms with Crippen molar-refractivity contribution in [1.29, 1.82) is 0 Å². The monoisotopic (exact) mass is 363 g/mol. The largest absolute Gasteiger partial charge is 0.494 e. The number of benzene rings is 2. The summed E-state index contributed by atoms with van der Waals surface area (Å²) in [6, 6.07) is 14.8. The van der Waals surface area contributed by atoms with Crippen LogP contribution in [-0.4, -0.2) is 19.1 Å². The Labute approximate surface area is 138 Å². The molecule has 5 heteroatoms. The maximum Gasteiger partial charge on any atom is 0.227 e. The summed E-state index contributed by atoms with van der Waals surface area (Å²) >= 11 is 3.37. The second-order valence-electron chi connectivity index (χ2n) is 4.56. The summed E-state index contributed by atoms with van der Waals surface area (Å²) in [7, 11) is 0. The van der Waals surface area contributed by atoms with Crippen molar-refractivity contribution in [2.75, 3.05) is 18.5 Å². The van der Waals surface area contributed by atoms with Crippen LogP contribution >= 0.6 is 15.9 Å². The van der Waals surface area contributed by atoms with E-state index < -0.39 is 0 Å². The average molecular weight is 364 g/mol. The van der Waals surface area contributed by atoms with Crippen LogP contribution in [0.1, 0.15) is 13.3 Å². The lowest BCUT2D eigenvalue weighted by molar-refractivity contribution is -0.116. The Balaban J connectivity index is 1.75. The van der Waals surface area contributed by atoms with Crippen molar-refractivity contribution in [3.63, 3.8) is 0 Å². The van der Waals surface area contributed by atoms with Crippen LogP contribution in [-0.2, 0) is 4.79 Å². The molecular weight excluding hydrogens is 346 g/mol. The Morgan fingerprint density at radius 2 is 1.86 bits per heavy atom. The van der Waals surface area contributed by atoms with Crippen LogP contribution in [0, 0.1) is 0 Å². The van der Waals surface area contributed by atoms with Gasteiger partial charge in [-0.15, -0.1) is 0 Å². The molecular formula is C17H18BrNO3. The van der Waals surface area contributed by atoms with Crippen molar-refractivity contribution in [1.82, 2.24) is 0 Å². The molecule has 0 fully saturated rings. The first-order valence-electron chi connectivity index (χ1n) is 7.08. The van der Waals surface area contributed by atoms with E-state index in [1.165, 1.54) is 0 Å². The fourth-order valence-electron chi connectivity index (χ4n) is 1.84. The number of anilines is 1. The summed E-state index contributed by atoms with van der Waals surface area (Å²) in [5.41, 5.74) is 0.746. The summed E-state index contributed by atoms with van der Waals surface area (Å²) in [6.45, 7) is 2.89. The van der Waals surface area contributed by atoms with E-state index in [-0.39, 0.29) is 5.91 Å². The van der Waals surface area contributed by atoms with E-state index in [1.807, 2.05) is 55.5 Å². The topological polar surface area (TPSA) is 47.6 Å². The number of nitrogens with one attached hydrogen (secondary N) is 1. The molecule has 0 aliphatic rings. The first-order valence-corrected chi connectivity index (χ1v) is 7.88. The van der Waals surface area contributed by atoms with Gasteiger partial charge in [-0.1, -0.05) is 22.0 Å². The number of carbonyl (C=O) groups excluding carboxylic acids is 1. The molecule has 0 saturated carbocycles. The molecule has 0 aliphatic carbocycles. The number of amides is 1. The van der Waals surface area contributed by atoms with Crippen LogP contribution < -0.4 is 14.8 Å². The molecule has 116 valence electrons. The van der Waals surface area contributed by atoms with Crippen LogP contribution in [0.5, 0.6) is 11.5 Å². The molecule has 0 aliphatic heterocycles. The van der Waals surface area contributed by atoms with Gasteiger partial charge in [0.2, 0.25) is 5.91 Å². The molecule has 0 aromatic heterocycles. The minimum atomic E-state index is -0.0841. The van der Waals surface area contributed by atoms with Gasteiger partial charge >= 0.3 is 0 Å². The van der Waals surface area contributed by atoms with Crippen LogP contribution in [0.3, 0.4) is 0 Å². The van der Waals surface area contributed by atoms with Gasteiger partial charge in [-0.2, -0.15) is 0 Å². The summed E-state index contributed by atoms with van der Waals surface area (Å²) in [5.74, 6) is 1.45. The molecule has 0 radical (unpaired) electrons. The number of hydrogen-bond donors (Lipinski definition) is 1. The quantitative estimate of drug-likeness (QED) is 0.799. The van der Waals surface area contributed by atoms with Crippen molar-refractivity contribution < 1.29 is 14.3 Å². The lowest BCUT2D eigenvalue weighted by Crippen LogP contribution is -2.15. The maximum atomic E-state index is 11.8. The van der Waals surface area contributed by atoms with E-state index in [0.717, 1.165) is 21.7 Å². The molecule has 1 N–H and O–H groups in total. The van der Waals surface area contributed by atoms with Gasteiger partial charge in [-0.25, -0.2) is 0 Å². The first-order chi connectivity index (χ1) is 10.7. The highest BCUT2D eigenvalue weighted by atomic mass is 79.9. The van der Waals surface area contributed by atoms with Crippen molar-refractivity contribution in [2.24, 2.45) is 0 Å². The second-order valence-corrected chi connectivity index (χ2v) is 5.48. The van der Waals surface area contributed by atoms with E-state index in [2.05, 4.69) is 21.2 Å². The van der Waals surface area contributed by atoms with Gasteiger partial charge in [0.15, 0.2) is 0 Å². The van der Waals surface area contributed by atoms with Crippen molar-refractivity contribution in [3.8, 4) is 11.5 Å². The average Bonchev–Trinajstić information content (AvgIpc) is 2.50. The van der Waals surface area contributed by atoms with Crippen LogP contribution in [0.4, 0.5) is 5.69 Å². The van der Waals surface area contributed by atoms with E-state index in [9.17, 15) is 4.79 Å². The Morgan fingerprint density at radius 1 is 1.09 bits per heavy atom. The van der Waals surface area contributed by atoms with E-state index in [4.69, 9.17) is 9.47 Å². The highest BCUT2D eigenvalue weighted by Crippen LogP contribution is 2.18. The smallest absolute Gasteiger partial charge is 0.227 e. The molecule has 4 nitrogen and oxygen atoms in total. The zero-order valence-corrected chi connectivity index (χ0v) is 13.9. The fourth-order valence-corrected chi connectivity index (χ4v) is 2.22. The Kier molecular flexibility index (Phi) is 6.27. The Morgan fingerprint density at radius 3 is 2.55 bits per heavy atom. The van der Waals surface area contributed by atoms with Crippen LogP contribution in [0.25, 0.3) is 0 Å². The van der Waals surface area contributed by atoms with Crippen molar-refractivity contribution >= 4 is 27.5 Å². The lowest BCUT2D eigenvalue weighted by Gasteiger charge is -2.08. The molecule has 0 atom stereocenters. The highest BCUT2D eigenvalue weighted by molar-refractivity contribution is 9.10. The minimum absolute atomic E-state index is 0.0841. The van der Waals surface area contributed by atoms with Crippen molar-refractivity contribution in [3.05, 3.63) is 53.0 Å². The Hall–Kier alpha value is -2.01. The third-order valence-corrected chi connectivity index (χ3v) is 3.34. The van der Waals surface area contributed by atoms with Gasteiger partial charge in [0.25, 0.3) is 0 Å². The minimum Gasteiger partial charge on any atom is -0.494 e. The third kappa shape index (κ3) is 5.41. The standard InChI is InChI=1S/C17H18BrNO3/c1-2-21-15-8-6-14(7-9-15)19-17(20)10-11-22-16-5-3-4-13(18)12-16/h3-9,12H,2,10-11H2,1H3,(H,19,20). The zero-order valence-electron chi connectivity index (χ0n) is 12.3. The summed E-state index contributed by atoms with van der Waals surface area (Å²) in [4.78, 5) is 11.8. The third-order valence-electron chi connectivity index (χ3n) is 2.84. The van der Waals surface area contributed by atoms with E-state index >= 15 is 0 Å². The summed E-state index contributed by atoms with van der Waals surface area (Å²) in [6.07, 6.45) is 0.291. The molecule has 2 aromatic rings. The molecule has 0 bridgehead atoms. The molecule has 22 heavy (non-hydrogen) atoms. The SMILES string of the molecule is CCOc1ccc(NC(=O)CCOc2cccc(Br)c2)cc1. The zero-order chi connectivity index (χ0) is 15.8. The van der Waals surface area contributed by atoms with Crippen LogP contribution in [0.15, 0.2) is 53.0 Å². The number of halogens is 1. The lowest BCUT2D eigenvalue weighted by atomic mass is 10.3. The number of hydrogen-bond acceptors (Lipinski definition) is 3. The number of ether oxygens (including phenoxy) is 2. The molecule has 0 saturated heterocycles. The molecule has 0 spiro atoms. The van der Waals surface area contributed by atoms with Crippen LogP contribution in [0.2, 0.25) is 0 Å². The van der Waals surface area contributed by atoms with Gasteiger partial charge in [0, 0.05) is 10.2 Å². The molecule has 1 amide bonds. The second kappa shape index (κ2) is 8.44. The molecule has 0 heterocycles. The Bertz CT molecular complexity index is 614. The van der Waals surface area contributed by atoms with Gasteiger partial charge < -0.3 is 14.8 Å². The summed E-state index contributed by atoms with van der Waals surface area (Å²) in [5, 5.41) is 2.83. The molecule has 0 unspecified atom stereocenters. The molecule has 2 aromatic carbocycles. The van der Waals surface area contributed by atoms with Gasteiger partial charge in [0.1, 0.15) is 11.5 Å². The first kappa shape index (κ1) is 16.4. The van der Waals surface area contributed by atoms with Crippen molar-refractivity contribution in [2.45, 2.75) is 13.3 Å². The number of carbonyl (C=O) groups is 1. The highest BCUT2D eigenvalue weighted by Gasteiger charge is 2.04. The number of rotatable bonds is 7. The predicted molar refractivity (Wildman–Crippen MR) is 90.5 cm³/mol. The molecule has 2 rings (SSSR count). The van der Waals surface area contributed by atoms with E-state index in [1.54, 1.807) is 0 Å². The summed E-state index contributed by atoms with van der Waals surface area (Å²) < 4.78 is 11.8. The van der Waals surface area contributed by atoms with Gasteiger partial charge in [0.05, 0.1) is 19.6 Å². The van der Waals surface area contributed by atoms with Gasteiger partial charge in [-0.3, -0.25) is 4.79 Å². The predicted octanol–water partition coefficient (Wildman–Crippen LogP) is 4.26. The van der Waals surface area contributed by atoms with E-state index in [0.29, 0.717) is 19.6 Å². The fraction of sp³-hybridized carbons (Fsp3) is 0.235. The maximum absolute atomic E-state index is 11.8. The normalized spacial score (nSPS) is 10.1. The van der Waals surface area contributed by atoms with Gasteiger partial charge in [-0.05, 0) is 49.4 Å².